The van der Waals surface area contributed by atoms with Gasteiger partial charge < -0.3 is 19.7 Å². The molecular formula is C22H29N7. The van der Waals surface area contributed by atoms with Gasteiger partial charge in [-0.1, -0.05) is 12.1 Å². The van der Waals surface area contributed by atoms with E-state index >= 15 is 0 Å². The summed E-state index contributed by atoms with van der Waals surface area (Å²) < 4.78 is 2.18. The van der Waals surface area contributed by atoms with Gasteiger partial charge in [-0.3, -0.25) is 0 Å². The molecule has 1 saturated heterocycles. The maximum atomic E-state index is 4.70. The van der Waals surface area contributed by atoms with Crippen molar-refractivity contribution >= 4 is 11.6 Å². The first-order valence-corrected chi connectivity index (χ1v) is 10.3. The van der Waals surface area contributed by atoms with Crippen LogP contribution in [0, 0.1) is 6.92 Å². The van der Waals surface area contributed by atoms with Crippen LogP contribution in [0.2, 0.25) is 0 Å². The molecule has 1 fully saturated rings. The van der Waals surface area contributed by atoms with Gasteiger partial charge in [0.2, 0.25) is 0 Å². The molecule has 152 valence electrons. The van der Waals surface area contributed by atoms with Crippen molar-refractivity contribution in [3.05, 3.63) is 66.5 Å². The third-order valence-corrected chi connectivity index (χ3v) is 5.46. The number of anilines is 2. The van der Waals surface area contributed by atoms with Crippen LogP contribution in [0.3, 0.4) is 0 Å². The SMILES string of the molecule is Cc1nccn1CC(C)NCc1cccnc1N1CCN(c2ccccn2)CC1. The maximum Gasteiger partial charge on any atom is 0.133 e. The molecule has 0 saturated carbocycles. The molecule has 1 N–H and O–H groups in total. The minimum Gasteiger partial charge on any atom is -0.353 e. The summed E-state index contributed by atoms with van der Waals surface area (Å²) in [6, 6.07) is 10.6. The molecule has 4 heterocycles. The van der Waals surface area contributed by atoms with Gasteiger partial charge in [0.25, 0.3) is 0 Å². The quantitative estimate of drug-likeness (QED) is 0.668. The van der Waals surface area contributed by atoms with Gasteiger partial charge in [0, 0.05) is 75.7 Å². The highest BCUT2D eigenvalue weighted by molar-refractivity contribution is 5.49. The summed E-state index contributed by atoms with van der Waals surface area (Å²) >= 11 is 0. The van der Waals surface area contributed by atoms with E-state index in [9.17, 15) is 0 Å². The summed E-state index contributed by atoms with van der Waals surface area (Å²) in [5.41, 5.74) is 1.24. The van der Waals surface area contributed by atoms with Gasteiger partial charge in [-0.25, -0.2) is 15.0 Å². The number of pyridine rings is 2. The van der Waals surface area contributed by atoms with Crippen LogP contribution in [0.4, 0.5) is 11.6 Å². The zero-order valence-electron chi connectivity index (χ0n) is 17.2. The number of nitrogens with one attached hydrogen (secondary N) is 1. The molecule has 0 aromatic carbocycles. The van der Waals surface area contributed by atoms with Gasteiger partial charge in [0.05, 0.1) is 0 Å². The Morgan fingerprint density at radius 2 is 1.72 bits per heavy atom. The molecule has 7 nitrogen and oxygen atoms in total. The van der Waals surface area contributed by atoms with Crippen LogP contribution < -0.4 is 15.1 Å². The van der Waals surface area contributed by atoms with Crippen molar-refractivity contribution in [1.82, 2.24) is 24.8 Å². The van der Waals surface area contributed by atoms with E-state index in [1.54, 1.807) is 0 Å². The van der Waals surface area contributed by atoms with Crippen LogP contribution in [-0.2, 0) is 13.1 Å². The Morgan fingerprint density at radius 3 is 2.45 bits per heavy atom. The minimum atomic E-state index is 0.344. The van der Waals surface area contributed by atoms with E-state index in [-0.39, 0.29) is 0 Å². The number of aryl methyl sites for hydroxylation is 1. The van der Waals surface area contributed by atoms with Crippen molar-refractivity contribution in [3.8, 4) is 0 Å². The molecule has 0 radical (unpaired) electrons. The molecule has 0 bridgehead atoms. The van der Waals surface area contributed by atoms with Crippen LogP contribution >= 0.6 is 0 Å². The van der Waals surface area contributed by atoms with Gasteiger partial charge in [-0.15, -0.1) is 0 Å². The van der Waals surface area contributed by atoms with E-state index < -0.39 is 0 Å². The summed E-state index contributed by atoms with van der Waals surface area (Å²) in [4.78, 5) is 18.2. The predicted octanol–water partition coefficient (Wildman–Crippen LogP) is 2.49. The van der Waals surface area contributed by atoms with Crippen LogP contribution in [0.1, 0.15) is 18.3 Å². The molecule has 1 atom stereocenters. The Bertz CT molecular complexity index is 900. The smallest absolute Gasteiger partial charge is 0.133 e. The third kappa shape index (κ3) is 4.74. The fourth-order valence-corrected chi connectivity index (χ4v) is 3.78. The van der Waals surface area contributed by atoms with Crippen molar-refractivity contribution < 1.29 is 0 Å². The second-order valence-corrected chi connectivity index (χ2v) is 7.56. The van der Waals surface area contributed by atoms with E-state index in [2.05, 4.69) is 48.7 Å². The number of aromatic nitrogens is 4. The summed E-state index contributed by atoms with van der Waals surface area (Å²) in [5.74, 6) is 3.19. The molecule has 1 aliphatic heterocycles. The Kier molecular flexibility index (Phi) is 6.05. The molecule has 3 aromatic rings. The zero-order chi connectivity index (χ0) is 20.1. The molecule has 7 heteroatoms. The number of rotatable bonds is 7. The maximum absolute atomic E-state index is 4.70. The molecule has 1 aliphatic rings. The molecule has 1 unspecified atom stereocenters. The summed E-state index contributed by atoms with van der Waals surface area (Å²) in [6.07, 6.45) is 7.63. The predicted molar refractivity (Wildman–Crippen MR) is 116 cm³/mol. The van der Waals surface area contributed by atoms with Gasteiger partial charge in [0.15, 0.2) is 0 Å². The molecule has 0 spiro atoms. The van der Waals surface area contributed by atoms with Gasteiger partial charge in [-0.05, 0) is 32.0 Å². The Labute approximate surface area is 172 Å². The lowest BCUT2D eigenvalue weighted by atomic mass is 10.2. The summed E-state index contributed by atoms with van der Waals surface area (Å²) in [6.45, 7) is 9.77. The third-order valence-electron chi connectivity index (χ3n) is 5.46. The van der Waals surface area contributed by atoms with Gasteiger partial charge >= 0.3 is 0 Å². The fourth-order valence-electron chi connectivity index (χ4n) is 3.78. The molecule has 0 amide bonds. The standard InChI is InChI=1S/C22H29N7/c1-18(17-29-11-10-23-19(29)2)26-16-20-6-5-9-25-22(20)28-14-12-27(13-15-28)21-7-3-4-8-24-21/h3-11,18,26H,12-17H2,1-2H3. The lowest BCUT2D eigenvalue weighted by Gasteiger charge is -2.36. The highest BCUT2D eigenvalue weighted by atomic mass is 15.3. The van der Waals surface area contributed by atoms with Crippen molar-refractivity contribution in [2.24, 2.45) is 0 Å². The summed E-state index contributed by atoms with van der Waals surface area (Å²) in [5, 5.41) is 3.64. The Balaban J connectivity index is 1.35. The van der Waals surface area contributed by atoms with E-state index in [0.717, 1.165) is 56.7 Å². The van der Waals surface area contributed by atoms with Crippen LogP contribution in [-0.4, -0.2) is 51.7 Å². The fraction of sp³-hybridized carbons (Fsp3) is 0.409. The second-order valence-electron chi connectivity index (χ2n) is 7.56. The first-order chi connectivity index (χ1) is 14.2. The lowest BCUT2D eigenvalue weighted by Crippen LogP contribution is -2.47. The average Bonchev–Trinajstić information content (AvgIpc) is 3.17. The van der Waals surface area contributed by atoms with E-state index in [4.69, 9.17) is 4.98 Å². The van der Waals surface area contributed by atoms with Crippen molar-refractivity contribution in [1.29, 1.82) is 0 Å². The highest BCUT2D eigenvalue weighted by Gasteiger charge is 2.21. The second kappa shape index (κ2) is 9.05. The molecule has 4 rings (SSSR count). The molecular weight excluding hydrogens is 362 g/mol. The number of nitrogens with zero attached hydrogens (tertiary/aromatic N) is 6. The van der Waals surface area contributed by atoms with Gasteiger partial charge in [0.1, 0.15) is 17.5 Å². The number of hydrogen-bond donors (Lipinski definition) is 1. The van der Waals surface area contributed by atoms with E-state index in [1.165, 1.54) is 5.56 Å². The largest absolute Gasteiger partial charge is 0.353 e. The van der Waals surface area contributed by atoms with Crippen LogP contribution in [0.25, 0.3) is 0 Å². The van der Waals surface area contributed by atoms with Crippen LogP contribution in [0.15, 0.2) is 55.1 Å². The highest BCUT2D eigenvalue weighted by Crippen LogP contribution is 2.21. The Morgan fingerprint density at radius 1 is 0.931 bits per heavy atom. The Hall–Kier alpha value is -2.93. The van der Waals surface area contributed by atoms with E-state index in [0.29, 0.717) is 6.04 Å². The van der Waals surface area contributed by atoms with E-state index in [1.807, 2.05) is 49.9 Å². The molecule has 29 heavy (non-hydrogen) atoms. The number of hydrogen-bond acceptors (Lipinski definition) is 6. The first kappa shape index (κ1) is 19.4. The molecule has 3 aromatic heterocycles. The topological polar surface area (TPSA) is 62.1 Å². The van der Waals surface area contributed by atoms with Crippen molar-refractivity contribution in [2.45, 2.75) is 33.0 Å². The molecule has 0 aliphatic carbocycles. The number of imidazole rings is 1. The average molecular weight is 392 g/mol. The van der Waals surface area contributed by atoms with Crippen LogP contribution in [0.5, 0.6) is 0 Å². The van der Waals surface area contributed by atoms with Gasteiger partial charge in [-0.2, -0.15) is 0 Å². The lowest BCUT2D eigenvalue weighted by molar-refractivity contribution is 0.470. The minimum absolute atomic E-state index is 0.344. The van der Waals surface area contributed by atoms with Crippen molar-refractivity contribution in [2.75, 3.05) is 36.0 Å². The monoisotopic (exact) mass is 391 g/mol. The summed E-state index contributed by atoms with van der Waals surface area (Å²) in [7, 11) is 0. The zero-order valence-corrected chi connectivity index (χ0v) is 17.2. The van der Waals surface area contributed by atoms with Crippen molar-refractivity contribution in [3.63, 3.8) is 0 Å². The number of piperazine rings is 1. The normalized spacial score (nSPS) is 15.5. The first-order valence-electron chi connectivity index (χ1n) is 10.3.